The molecule has 0 aliphatic heterocycles. The van der Waals surface area contributed by atoms with Crippen molar-refractivity contribution in [3.63, 3.8) is 0 Å². The molecule has 6 heteroatoms. The van der Waals surface area contributed by atoms with Gasteiger partial charge < -0.3 is 5.11 Å². The fraction of sp³-hybridized carbons (Fsp3) is 0.364. The van der Waals surface area contributed by atoms with Crippen LogP contribution in [0.25, 0.3) is 0 Å². The van der Waals surface area contributed by atoms with E-state index in [1.165, 1.54) is 0 Å². The van der Waals surface area contributed by atoms with Crippen LogP contribution in [0.5, 0.6) is 0 Å². The molecule has 0 aliphatic carbocycles. The van der Waals surface area contributed by atoms with Gasteiger partial charge in [0.2, 0.25) is 0 Å². The fourth-order valence-electron chi connectivity index (χ4n) is 1.41. The molecule has 0 saturated carbocycles. The van der Waals surface area contributed by atoms with Crippen LogP contribution in [-0.4, -0.2) is 11.1 Å². The zero-order chi connectivity index (χ0) is 13.4. The number of benzene rings is 1. The SMILES string of the molecule is CC(C)(C(=O)O)c1ccc(F)cc1C(F)(F)F. The van der Waals surface area contributed by atoms with Crippen molar-refractivity contribution in [3.8, 4) is 0 Å². The van der Waals surface area contributed by atoms with Gasteiger partial charge in [0.05, 0.1) is 11.0 Å². The Balaban J connectivity index is 3.50. The van der Waals surface area contributed by atoms with Gasteiger partial charge in [-0.2, -0.15) is 13.2 Å². The summed E-state index contributed by atoms with van der Waals surface area (Å²) in [6.07, 6.45) is -4.79. The van der Waals surface area contributed by atoms with E-state index in [1.54, 1.807) is 0 Å². The zero-order valence-corrected chi connectivity index (χ0v) is 9.10. The average molecular weight is 250 g/mol. The molecule has 0 aliphatic rings. The highest BCUT2D eigenvalue weighted by Crippen LogP contribution is 2.38. The third kappa shape index (κ3) is 2.57. The van der Waals surface area contributed by atoms with Crippen molar-refractivity contribution in [2.24, 2.45) is 0 Å². The van der Waals surface area contributed by atoms with Crippen molar-refractivity contribution >= 4 is 5.97 Å². The summed E-state index contributed by atoms with van der Waals surface area (Å²) in [5, 5.41) is 8.89. The van der Waals surface area contributed by atoms with Gasteiger partial charge in [0.1, 0.15) is 5.82 Å². The topological polar surface area (TPSA) is 37.3 Å². The lowest BCUT2D eigenvalue weighted by molar-refractivity contribution is -0.145. The molecule has 1 N–H and O–H groups in total. The minimum absolute atomic E-state index is 0.306. The Morgan fingerprint density at radius 2 is 1.71 bits per heavy atom. The lowest BCUT2D eigenvalue weighted by Gasteiger charge is -2.24. The van der Waals surface area contributed by atoms with Gasteiger partial charge >= 0.3 is 12.1 Å². The number of carboxylic acids is 1. The molecule has 0 unspecified atom stereocenters. The molecular formula is C11H10F4O2. The van der Waals surface area contributed by atoms with Crippen molar-refractivity contribution in [1.82, 2.24) is 0 Å². The first kappa shape index (κ1) is 13.5. The van der Waals surface area contributed by atoms with Gasteiger partial charge in [-0.3, -0.25) is 4.79 Å². The molecule has 1 rings (SSSR count). The van der Waals surface area contributed by atoms with Crippen LogP contribution in [0.15, 0.2) is 18.2 Å². The summed E-state index contributed by atoms with van der Waals surface area (Å²) in [5.74, 6) is -2.46. The second-order valence-corrected chi connectivity index (χ2v) is 4.12. The molecular weight excluding hydrogens is 240 g/mol. The summed E-state index contributed by atoms with van der Waals surface area (Å²) in [7, 11) is 0. The molecule has 1 aromatic rings. The average Bonchev–Trinajstić information content (AvgIpc) is 2.15. The van der Waals surface area contributed by atoms with E-state index in [0.717, 1.165) is 26.0 Å². The van der Waals surface area contributed by atoms with Crippen LogP contribution >= 0.6 is 0 Å². The third-order valence-corrected chi connectivity index (χ3v) is 2.50. The predicted molar refractivity (Wildman–Crippen MR) is 52.1 cm³/mol. The first-order chi connectivity index (χ1) is 7.56. The lowest BCUT2D eigenvalue weighted by atomic mass is 9.81. The van der Waals surface area contributed by atoms with Gasteiger partial charge in [0.25, 0.3) is 0 Å². The Morgan fingerprint density at radius 1 is 1.18 bits per heavy atom. The minimum atomic E-state index is -4.79. The van der Waals surface area contributed by atoms with Crippen LogP contribution < -0.4 is 0 Å². The van der Waals surface area contributed by atoms with Crippen LogP contribution in [-0.2, 0) is 16.4 Å². The molecule has 94 valence electrons. The Labute approximate surface area is 94.9 Å². The zero-order valence-electron chi connectivity index (χ0n) is 9.10. The number of rotatable bonds is 2. The molecule has 0 amide bonds. The predicted octanol–water partition coefficient (Wildman–Crippen LogP) is 3.21. The summed E-state index contributed by atoms with van der Waals surface area (Å²) in [6.45, 7) is 2.27. The largest absolute Gasteiger partial charge is 0.481 e. The van der Waals surface area contributed by atoms with Crippen LogP contribution in [0.3, 0.4) is 0 Å². The molecule has 0 bridgehead atoms. The maximum absolute atomic E-state index is 12.8. The van der Waals surface area contributed by atoms with Crippen LogP contribution in [0.1, 0.15) is 25.0 Å². The fourth-order valence-corrected chi connectivity index (χ4v) is 1.41. The van der Waals surface area contributed by atoms with Gasteiger partial charge in [-0.05, 0) is 31.5 Å². The van der Waals surface area contributed by atoms with E-state index in [1.807, 2.05) is 0 Å². The van der Waals surface area contributed by atoms with Crippen molar-refractivity contribution in [3.05, 3.63) is 35.1 Å². The van der Waals surface area contributed by atoms with E-state index in [4.69, 9.17) is 5.11 Å². The number of hydrogen-bond donors (Lipinski definition) is 1. The standard InChI is InChI=1S/C11H10F4O2/c1-10(2,9(16)17)7-4-3-6(12)5-8(7)11(13,14)15/h3-5H,1-2H3,(H,16,17). The smallest absolute Gasteiger partial charge is 0.416 e. The van der Waals surface area contributed by atoms with E-state index < -0.39 is 34.5 Å². The first-order valence-electron chi connectivity index (χ1n) is 4.67. The molecule has 0 radical (unpaired) electrons. The van der Waals surface area contributed by atoms with E-state index >= 15 is 0 Å². The third-order valence-electron chi connectivity index (χ3n) is 2.50. The Morgan fingerprint density at radius 3 is 2.12 bits per heavy atom. The Bertz CT molecular complexity index is 449. The number of aliphatic carboxylic acids is 1. The molecule has 0 fully saturated rings. The molecule has 0 aromatic heterocycles. The van der Waals surface area contributed by atoms with Crippen molar-refractivity contribution < 1.29 is 27.5 Å². The van der Waals surface area contributed by atoms with E-state index in [0.29, 0.717) is 6.07 Å². The van der Waals surface area contributed by atoms with Crippen molar-refractivity contribution in [1.29, 1.82) is 0 Å². The number of hydrogen-bond acceptors (Lipinski definition) is 1. The van der Waals surface area contributed by atoms with Crippen LogP contribution in [0, 0.1) is 5.82 Å². The van der Waals surface area contributed by atoms with Gasteiger partial charge in [-0.15, -0.1) is 0 Å². The summed E-state index contributed by atoms with van der Waals surface area (Å²) >= 11 is 0. The molecule has 0 spiro atoms. The highest BCUT2D eigenvalue weighted by Gasteiger charge is 2.41. The normalized spacial score (nSPS) is 12.6. The maximum atomic E-state index is 12.8. The van der Waals surface area contributed by atoms with Gasteiger partial charge in [-0.25, -0.2) is 4.39 Å². The summed E-state index contributed by atoms with van der Waals surface area (Å²) < 4.78 is 50.8. The summed E-state index contributed by atoms with van der Waals surface area (Å²) in [6, 6.07) is 1.97. The summed E-state index contributed by atoms with van der Waals surface area (Å²) in [5.41, 5.74) is -3.46. The minimum Gasteiger partial charge on any atom is -0.481 e. The number of carboxylic acid groups (broad SMARTS) is 1. The number of halogens is 4. The maximum Gasteiger partial charge on any atom is 0.416 e. The van der Waals surface area contributed by atoms with Crippen LogP contribution in [0.2, 0.25) is 0 Å². The Kier molecular flexibility index (Phi) is 3.18. The number of alkyl halides is 3. The molecule has 17 heavy (non-hydrogen) atoms. The van der Waals surface area contributed by atoms with Gasteiger partial charge in [0.15, 0.2) is 0 Å². The van der Waals surface area contributed by atoms with Crippen LogP contribution in [0.4, 0.5) is 17.6 Å². The molecule has 0 heterocycles. The molecule has 0 atom stereocenters. The lowest BCUT2D eigenvalue weighted by Crippen LogP contribution is -2.31. The Hall–Kier alpha value is -1.59. The van der Waals surface area contributed by atoms with Gasteiger partial charge in [0, 0.05) is 0 Å². The second-order valence-electron chi connectivity index (χ2n) is 4.12. The van der Waals surface area contributed by atoms with Gasteiger partial charge in [-0.1, -0.05) is 6.07 Å². The summed E-state index contributed by atoms with van der Waals surface area (Å²) in [4.78, 5) is 10.9. The van der Waals surface area contributed by atoms with E-state index in [2.05, 4.69) is 0 Å². The highest BCUT2D eigenvalue weighted by atomic mass is 19.4. The molecule has 1 aromatic carbocycles. The van der Waals surface area contributed by atoms with Crippen molar-refractivity contribution in [2.75, 3.05) is 0 Å². The second kappa shape index (κ2) is 4.01. The molecule has 0 saturated heterocycles. The van der Waals surface area contributed by atoms with Crippen molar-refractivity contribution in [2.45, 2.75) is 25.4 Å². The quantitative estimate of drug-likeness (QED) is 0.818. The first-order valence-corrected chi connectivity index (χ1v) is 4.67. The van der Waals surface area contributed by atoms with E-state index in [9.17, 15) is 22.4 Å². The number of carbonyl (C=O) groups is 1. The molecule has 2 nitrogen and oxygen atoms in total. The van der Waals surface area contributed by atoms with E-state index in [-0.39, 0.29) is 0 Å². The highest BCUT2D eigenvalue weighted by molar-refractivity contribution is 5.80. The monoisotopic (exact) mass is 250 g/mol.